The molecule has 0 bridgehead atoms. The Bertz CT molecular complexity index is 1060. The van der Waals surface area contributed by atoms with Crippen molar-refractivity contribution >= 4 is 48.1 Å². The van der Waals surface area contributed by atoms with Crippen molar-refractivity contribution in [3.8, 4) is 0 Å². The lowest BCUT2D eigenvalue weighted by molar-refractivity contribution is 0.102. The third kappa shape index (κ3) is 4.78. The standard InChI is InChI=1S/C14H18N4O5S3/c1-8-5-6-10(26(22,23)15-3)7-11(8)17-13(19)12-9(2)16-14(24-12)18-25(4,20)21/h5-7,15H,1-4H3,(H,16,18)(H,17,19). The number of thiazole rings is 1. The van der Waals surface area contributed by atoms with E-state index in [1.807, 2.05) is 0 Å². The first kappa shape index (κ1) is 20.3. The highest BCUT2D eigenvalue weighted by molar-refractivity contribution is 7.92. The molecule has 0 aliphatic heterocycles. The molecule has 3 N–H and O–H groups in total. The van der Waals surface area contributed by atoms with Crippen LogP contribution in [0.5, 0.6) is 0 Å². The molecule has 2 rings (SSSR count). The molecule has 2 aromatic rings. The smallest absolute Gasteiger partial charge is 0.267 e. The van der Waals surface area contributed by atoms with Crippen LogP contribution in [-0.4, -0.2) is 41.0 Å². The van der Waals surface area contributed by atoms with Gasteiger partial charge in [-0.2, -0.15) is 0 Å². The minimum atomic E-state index is -3.65. The number of hydrogen-bond donors (Lipinski definition) is 3. The van der Waals surface area contributed by atoms with Crippen LogP contribution in [0, 0.1) is 13.8 Å². The van der Waals surface area contributed by atoms with E-state index in [2.05, 4.69) is 19.7 Å². The lowest BCUT2D eigenvalue weighted by Gasteiger charge is -2.10. The van der Waals surface area contributed by atoms with Crippen LogP contribution in [0.15, 0.2) is 23.1 Å². The first-order valence-corrected chi connectivity index (χ1v) is 11.4. The number of carbonyl (C=O) groups is 1. The number of sulfonamides is 2. The topological polar surface area (TPSA) is 134 Å². The molecular formula is C14H18N4O5S3. The number of benzene rings is 1. The third-order valence-corrected chi connectivity index (χ3v) is 6.49. The lowest BCUT2D eigenvalue weighted by atomic mass is 10.2. The molecule has 0 unspecified atom stereocenters. The van der Waals surface area contributed by atoms with Gasteiger partial charge in [-0.25, -0.2) is 26.5 Å². The van der Waals surface area contributed by atoms with Gasteiger partial charge in [0.2, 0.25) is 20.0 Å². The maximum Gasteiger partial charge on any atom is 0.267 e. The largest absolute Gasteiger partial charge is 0.321 e. The quantitative estimate of drug-likeness (QED) is 0.647. The van der Waals surface area contributed by atoms with E-state index in [4.69, 9.17) is 0 Å². The van der Waals surface area contributed by atoms with Crippen molar-refractivity contribution in [2.24, 2.45) is 0 Å². The molecule has 1 amide bonds. The van der Waals surface area contributed by atoms with Crippen molar-refractivity contribution in [2.75, 3.05) is 23.3 Å². The van der Waals surface area contributed by atoms with Crippen LogP contribution >= 0.6 is 11.3 Å². The van der Waals surface area contributed by atoms with Gasteiger partial charge in [-0.05, 0) is 38.6 Å². The predicted molar refractivity (Wildman–Crippen MR) is 101 cm³/mol. The molecule has 0 atom stereocenters. The summed E-state index contributed by atoms with van der Waals surface area (Å²) < 4.78 is 50.8. The molecule has 1 aromatic heterocycles. The molecule has 0 aliphatic carbocycles. The minimum absolute atomic E-state index is 0.0151. The monoisotopic (exact) mass is 418 g/mol. The molecule has 9 nitrogen and oxygen atoms in total. The summed E-state index contributed by atoms with van der Waals surface area (Å²) in [5.74, 6) is -0.511. The van der Waals surface area contributed by atoms with Crippen LogP contribution in [0.2, 0.25) is 0 Å². The number of aromatic nitrogens is 1. The van der Waals surface area contributed by atoms with Gasteiger partial charge in [0, 0.05) is 5.69 Å². The number of anilines is 2. The first-order valence-electron chi connectivity index (χ1n) is 7.23. The number of nitrogens with one attached hydrogen (secondary N) is 3. The first-order chi connectivity index (χ1) is 11.9. The van der Waals surface area contributed by atoms with Gasteiger partial charge < -0.3 is 5.32 Å². The van der Waals surface area contributed by atoms with Gasteiger partial charge in [0.15, 0.2) is 5.13 Å². The van der Waals surface area contributed by atoms with E-state index in [0.717, 1.165) is 17.6 Å². The second-order valence-corrected chi connectivity index (χ2v) is 10.1. The number of amides is 1. The van der Waals surface area contributed by atoms with Crippen LogP contribution in [0.4, 0.5) is 10.8 Å². The number of rotatable bonds is 6. The molecule has 1 heterocycles. The van der Waals surface area contributed by atoms with Gasteiger partial charge in [-0.3, -0.25) is 9.52 Å². The van der Waals surface area contributed by atoms with Crippen molar-refractivity contribution in [2.45, 2.75) is 18.7 Å². The van der Waals surface area contributed by atoms with E-state index in [-0.39, 0.29) is 14.9 Å². The Morgan fingerprint density at radius 3 is 2.38 bits per heavy atom. The van der Waals surface area contributed by atoms with E-state index in [9.17, 15) is 21.6 Å². The molecule has 142 valence electrons. The second-order valence-electron chi connectivity index (χ2n) is 5.45. The van der Waals surface area contributed by atoms with E-state index < -0.39 is 26.0 Å². The molecule has 0 fully saturated rings. The summed E-state index contributed by atoms with van der Waals surface area (Å²) in [6.45, 7) is 3.30. The fourth-order valence-corrected chi connectivity index (χ4v) is 4.46. The molecular weight excluding hydrogens is 400 g/mol. The van der Waals surface area contributed by atoms with Crippen molar-refractivity contribution in [3.63, 3.8) is 0 Å². The molecule has 0 spiro atoms. The zero-order chi connectivity index (χ0) is 19.7. The fourth-order valence-electron chi connectivity index (χ4n) is 2.01. The molecule has 12 heteroatoms. The van der Waals surface area contributed by atoms with Crippen molar-refractivity contribution in [1.29, 1.82) is 0 Å². The maximum atomic E-state index is 12.5. The normalized spacial score (nSPS) is 12.0. The van der Waals surface area contributed by atoms with Gasteiger partial charge >= 0.3 is 0 Å². The molecule has 26 heavy (non-hydrogen) atoms. The van der Waals surface area contributed by atoms with Crippen molar-refractivity contribution < 1.29 is 21.6 Å². The van der Waals surface area contributed by atoms with Crippen molar-refractivity contribution in [3.05, 3.63) is 34.3 Å². The minimum Gasteiger partial charge on any atom is -0.321 e. The Labute approximate surface area is 156 Å². The van der Waals surface area contributed by atoms with Gasteiger partial charge in [0.25, 0.3) is 5.91 Å². The zero-order valence-corrected chi connectivity index (χ0v) is 16.9. The Morgan fingerprint density at radius 2 is 1.81 bits per heavy atom. The Hall–Kier alpha value is -2.02. The summed E-state index contributed by atoms with van der Waals surface area (Å²) in [5.41, 5.74) is 1.36. The van der Waals surface area contributed by atoms with Crippen LogP contribution in [0.25, 0.3) is 0 Å². The summed E-state index contributed by atoms with van der Waals surface area (Å²) in [7, 11) is -5.86. The van der Waals surface area contributed by atoms with Crippen LogP contribution < -0.4 is 14.8 Å². The molecule has 0 aliphatic rings. The summed E-state index contributed by atoms with van der Waals surface area (Å²) in [4.78, 5) is 16.8. The summed E-state index contributed by atoms with van der Waals surface area (Å²) in [6, 6.07) is 4.37. The van der Waals surface area contributed by atoms with E-state index in [0.29, 0.717) is 16.9 Å². The van der Waals surface area contributed by atoms with Crippen LogP contribution in [0.1, 0.15) is 20.9 Å². The van der Waals surface area contributed by atoms with Crippen molar-refractivity contribution in [1.82, 2.24) is 9.71 Å². The lowest BCUT2D eigenvalue weighted by Crippen LogP contribution is -2.19. The third-order valence-electron chi connectivity index (χ3n) is 3.31. The zero-order valence-electron chi connectivity index (χ0n) is 14.4. The Kier molecular flexibility index (Phi) is 5.70. The summed E-state index contributed by atoms with van der Waals surface area (Å²) >= 11 is 0.890. The fraction of sp³-hybridized carbons (Fsp3) is 0.286. The number of nitrogens with zero attached hydrogens (tertiary/aromatic N) is 1. The maximum absolute atomic E-state index is 12.5. The van der Waals surface area contributed by atoms with Gasteiger partial charge in [-0.1, -0.05) is 17.4 Å². The van der Waals surface area contributed by atoms with Gasteiger partial charge in [0.05, 0.1) is 16.8 Å². The average Bonchev–Trinajstić information content (AvgIpc) is 2.87. The predicted octanol–water partition coefficient (Wildman–Crippen LogP) is 1.29. The highest BCUT2D eigenvalue weighted by Gasteiger charge is 2.19. The highest BCUT2D eigenvalue weighted by Crippen LogP contribution is 2.26. The Balaban J connectivity index is 2.32. The average molecular weight is 419 g/mol. The summed E-state index contributed by atoms with van der Waals surface area (Å²) in [5, 5.41) is 2.72. The second kappa shape index (κ2) is 7.31. The van der Waals surface area contributed by atoms with E-state index >= 15 is 0 Å². The highest BCUT2D eigenvalue weighted by atomic mass is 32.2. The Morgan fingerprint density at radius 1 is 1.15 bits per heavy atom. The number of hydrogen-bond acceptors (Lipinski definition) is 7. The number of aryl methyl sites for hydroxylation is 2. The van der Waals surface area contributed by atoms with E-state index in [1.54, 1.807) is 19.9 Å². The molecule has 0 radical (unpaired) electrons. The summed E-state index contributed by atoms with van der Waals surface area (Å²) in [6.07, 6.45) is 0.987. The molecule has 0 saturated carbocycles. The van der Waals surface area contributed by atoms with Gasteiger partial charge in [-0.15, -0.1) is 0 Å². The van der Waals surface area contributed by atoms with Gasteiger partial charge in [0.1, 0.15) is 4.88 Å². The molecule has 1 aromatic carbocycles. The number of carbonyl (C=O) groups excluding carboxylic acids is 1. The van der Waals surface area contributed by atoms with E-state index in [1.165, 1.54) is 19.2 Å². The SMILES string of the molecule is CNS(=O)(=O)c1ccc(C)c(NC(=O)c2sc(NS(C)(=O)=O)nc2C)c1. The van der Waals surface area contributed by atoms with Crippen LogP contribution in [0.3, 0.4) is 0 Å². The molecule has 0 saturated heterocycles. The van der Waals surface area contributed by atoms with Crippen LogP contribution in [-0.2, 0) is 20.0 Å².